The van der Waals surface area contributed by atoms with E-state index in [1.54, 1.807) is 41.3 Å². The van der Waals surface area contributed by atoms with Crippen LogP contribution in [0, 0.1) is 0 Å². The number of anilines is 1. The van der Waals surface area contributed by atoms with E-state index in [2.05, 4.69) is 0 Å². The lowest BCUT2D eigenvalue weighted by atomic mass is 10.1. The molecule has 0 radical (unpaired) electrons. The minimum atomic E-state index is -0.606. The normalized spacial score (nSPS) is 18.7. The summed E-state index contributed by atoms with van der Waals surface area (Å²) in [6.45, 7) is 3.64. The number of ketones is 1. The molecule has 0 saturated carbocycles. The van der Waals surface area contributed by atoms with E-state index in [0.717, 1.165) is 0 Å². The maximum absolute atomic E-state index is 12.8. The molecule has 2 aromatic carbocycles. The van der Waals surface area contributed by atoms with Crippen LogP contribution in [0.4, 0.5) is 10.5 Å². The topological polar surface area (TPSA) is 87.2 Å². The number of benzene rings is 2. The van der Waals surface area contributed by atoms with Gasteiger partial charge in [-0.05, 0) is 43.3 Å². The average molecular weight is 421 g/mol. The lowest BCUT2D eigenvalue weighted by Gasteiger charge is -2.39. The number of nitrogens with zero attached hydrogens (tertiary/aromatic N) is 3. The van der Waals surface area contributed by atoms with Crippen molar-refractivity contribution in [3.8, 4) is 0 Å². The zero-order valence-corrected chi connectivity index (χ0v) is 17.2. The van der Waals surface area contributed by atoms with E-state index in [1.807, 2.05) is 25.1 Å². The van der Waals surface area contributed by atoms with Crippen LogP contribution in [0.2, 0.25) is 0 Å². The summed E-state index contributed by atoms with van der Waals surface area (Å²) in [6.07, 6.45) is -0.424. The van der Waals surface area contributed by atoms with Gasteiger partial charge in [-0.15, -0.1) is 0 Å². The Balaban J connectivity index is 1.40. The predicted molar refractivity (Wildman–Crippen MR) is 113 cm³/mol. The van der Waals surface area contributed by atoms with Crippen LogP contribution < -0.4 is 4.90 Å². The molecule has 2 aliphatic rings. The van der Waals surface area contributed by atoms with Gasteiger partial charge < -0.3 is 14.5 Å². The third kappa shape index (κ3) is 4.14. The van der Waals surface area contributed by atoms with Crippen molar-refractivity contribution in [3.05, 3.63) is 65.7 Å². The summed E-state index contributed by atoms with van der Waals surface area (Å²) in [5, 5.41) is 0. The molecule has 0 unspecified atom stereocenters. The van der Waals surface area contributed by atoms with Crippen LogP contribution >= 0.6 is 0 Å². The molecule has 3 amide bonds. The quantitative estimate of drug-likeness (QED) is 0.558. The van der Waals surface area contributed by atoms with Crippen LogP contribution in [0.15, 0.2) is 54.6 Å². The SMILES string of the molecule is C[C@@H]1CN(C(=O)c2ccccc2)CCN1C(=O)C(=O)c1ccc(N2CCOC2=O)cc1. The molecule has 1 atom stereocenters. The minimum absolute atomic E-state index is 0.0816. The van der Waals surface area contributed by atoms with Crippen LogP contribution in [0.1, 0.15) is 27.6 Å². The number of Topliss-reactive ketones (excluding diaryl/α,β-unsaturated/α-hetero) is 1. The summed E-state index contributed by atoms with van der Waals surface area (Å²) in [4.78, 5) is 54.6. The van der Waals surface area contributed by atoms with E-state index in [4.69, 9.17) is 4.74 Å². The molecule has 31 heavy (non-hydrogen) atoms. The number of hydrogen-bond acceptors (Lipinski definition) is 5. The summed E-state index contributed by atoms with van der Waals surface area (Å²) in [6, 6.07) is 15.1. The Morgan fingerprint density at radius 1 is 0.903 bits per heavy atom. The molecule has 8 heteroatoms. The molecule has 8 nitrogen and oxygen atoms in total. The molecule has 0 bridgehead atoms. The average Bonchev–Trinajstić information content (AvgIpc) is 3.24. The van der Waals surface area contributed by atoms with Crippen LogP contribution in [-0.2, 0) is 9.53 Å². The van der Waals surface area contributed by atoms with Crippen molar-refractivity contribution >= 4 is 29.4 Å². The van der Waals surface area contributed by atoms with Gasteiger partial charge in [0.2, 0.25) is 5.78 Å². The minimum Gasteiger partial charge on any atom is -0.447 e. The van der Waals surface area contributed by atoms with Gasteiger partial charge in [-0.2, -0.15) is 0 Å². The maximum Gasteiger partial charge on any atom is 0.414 e. The molecule has 0 N–H and O–H groups in total. The van der Waals surface area contributed by atoms with Crippen molar-refractivity contribution in [2.45, 2.75) is 13.0 Å². The third-order valence-electron chi connectivity index (χ3n) is 5.59. The highest BCUT2D eigenvalue weighted by atomic mass is 16.6. The van der Waals surface area contributed by atoms with Crippen molar-refractivity contribution < 1.29 is 23.9 Å². The maximum atomic E-state index is 12.8. The van der Waals surface area contributed by atoms with Gasteiger partial charge in [-0.25, -0.2) is 4.79 Å². The van der Waals surface area contributed by atoms with Crippen LogP contribution in [0.5, 0.6) is 0 Å². The van der Waals surface area contributed by atoms with E-state index in [1.165, 1.54) is 9.80 Å². The third-order valence-corrected chi connectivity index (χ3v) is 5.59. The molecule has 0 aliphatic carbocycles. The zero-order chi connectivity index (χ0) is 22.0. The Kier molecular flexibility index (Phi) is 5.70. The van der Waals surface area contributed by atoms with Gasteiger partial charge in [0.15, 0.2) is 0 Å². The fourth-order valence-electron chi connectivity index (χ4n) is 3.88. The second kappa shape index (κ2) is 8.59. The van der Waals surface area contributed by atoms with Gasteiger partial charge in [0.25, 0.3) is 11.8 Å². The monoisotopic (exact) mass is 421 g/mol. The van der Waals surface area contributed by atoms with Crippen molar-refractivity contribution in [1.82, 2.24) is 9.80 Å². The fourth-order valence-corrected chi connectivity index (χ4v) is 3.88. The number of hydrogen-bond donors (Lipinski definition) is 0. The summed E-state index contributed by atoms with van der Waals surface area (Å²) in [7, 11) is 0. The van der Waals surface area contributed by atoms with Gasteiger partial charge in [-0.3, -0.25) is 19.3 Å². The molecular weight excluding hydrogens is 398 g/mol. The Labute approximate surface area is 180 Å². The molecule has 4 rings (SSSR count). The smallest absolute Gasteiger partial charge is 0.414 e. The Bertz CT molecular complexity index is 1010. The lowest BCUT2D eigenvalue weighted by Crippen LogP contribution is -2.56. The van der Waals surface area contributed by atoms with Gasteiger partial charge >= 0.3 is 6.09 Å². The molecule has 2 heterocycles. The Hall–Kier alpha value is -3.68. The second-order valence-electron chi connectivity index (χ2n) is 7.61. The van der Waals surface area contributed by atoms with Gasteiger partial charge in [0.05, 0.1) is 6.54 Å². The summed E-state index contributed by atoms with van der Waals surface area (Å²) in [5.41, 5.74) is 1.48. The number of rotatable bonds is 4. The number of carbonyl (C=O) groups is 4. The highest BCUT2D eigenvalue weighted by molar-refractivity contribution is 6.42. The Morgan fingerprint density at radius 2 is 1.61 bits per heavy atom. The largest absolute Gasteiger partial charge is 0.447 e. The van der Waals surface area contributed by atoms with Crippen molar-refractivity contribution in [3.63, 3.8) is 0 Å². The number of piperazine rings is 1. The first-order valence-electron chi connectivity index (χ1n) is 10.2. The van der Waals surface area contributed by atoms with Gasteiger partial charge in [0.1, 0.15) is 6.61 Å². The molecule has 2 saturated heterocycles. The summed E-state index contributed by atoms with van der Waals surface area (Å²) < 4.78 is 4.91. The summed E-state index contributed by atoms with van der Waals surface area (Å²) >= 11 is 0. The number of cyclic esters (lactones) is 1. The van der Waals surface area contributed by atoms with Crippen molar-refractivity contribution in [2.75, 3.05) is 37.7 Å². The van der Waals surface area contributed by atoms with Crippen LogP contribution in [-0.4, -0.2) is 72.3 Å². The van der Waals surface area contributed by atoms with Gasteiger partial charge in [-0.1, -0.05) is 18.2 Å². The molecule has 160 valence electrons. The standard InChI is InChI=1S/C23H23N3O5/c1-16-15-24(21(28)18-5-3-2-4-6-18)11-12-25(16)22(29)20(27)17-7-9-19(10-8-17)26-13-14-31-23(26)30/h2-10,16H,11-15H2,1H3/t16-/m1/s1. The van der Waals surface area contributed by atoms with Gasteiger partial charge in [0, 0.05) is 42.5 Å². The lowest BCUT2D eigenvalue weighted by molar-refractivity contribution is -0.130. The van der Waals surface area contributed by atoms with E-state index in [0.29, 0.717) is 44.0 Å². The van der Waals surface area contributed by atoms with Crippen molar-refractivity contribution in [2.24, 2.45) is 0 Å². The molecule has 0 aromatic heterocycles. The molecule has 2 fully saturated rings. The molecule has 2 aliphatic heterocycles. The predicted octanol–water partition coefficient (Wildman–Crippen LogP) is 2.20. The summed E-state index contributed by atoms with van der Waals surface area (Å²) in [5.74, 6) is -1.28. The van der Waals surface area contributed by atoms with E-state index in [-0.39, 0.29) is 17.5 Å². The first kappa shape index (κ1) is 20.6. The first-order valence-corrected chi connectivity index (χ1v) is 10.2. The fraction of sp³-hybridized carbons (Fsp3) is 0.304. The zero-order valence-electron chi connectivity index (χ0n) is 17.2. The molecule has 2 aromatic rings. The molecular formula is C23H23N3O5. The van der Waals surface area contributed by atoms with E-state index in [9.17, 15) is 19.2 Å². The van der Waals surface area contributed by atoms with E-state index < -0.39 is 17.8 Å². The highest BCUT2D eigenvalue weighted by Crippen LogP contribution is 2.20. The number of ether oxygens (including phenoxy) is 1. The molecule has 0 spiro atoms. The van der Waals surface area contributed by atoms with Crippen LogP contribution in [0.3, 0.4) is 0 Å². The first-order chi connectivity index (χ1) is 15.0. The van der Waals surface area contributed by atoms with E-state index >= 15 is 0 Å². The highest BCUT2D eigenvalue weighted by Gasteiger charge is 2.33. The van der Waals surface area contributed by atoms with Crippen molar-refractivity contribution in [1.29, 1.82) is 0 Å². The van der Waals surface area contributed by atoms with Crippen LogP contribution in [0.25, 0.3) is 0 Å². The number of carbonyl (C=O) groups excluding carboxylic acids is 4. The second-order valence-corrected chi connectivity index (χ2v) is 7.61. The number of amides is 3. The Morgan fingerprint density at radius 3 is 2.23 bits per heavy atom.